The van der Waals surface area contributed by atoms with Crippen molar-refractivity contribution in [2.24, 2.45) is 5.73 Å². The number of fused-ring (bicyclic) bond motifs is 1. The topological polar surface area (TPSA) is 134 Å². The van der Waals surface area contributed by atoms with Crippen molar-refractivity contribution < 1.29 is 9.21 Å². The quantitative estimate of drug-likeness (QED) is 0.429. The summed E-state index contributed by atoms with van der Waals surface area (Å²) in [5.74, 6) is -0.827. The molecule has 0 saturated heterocycles. The number of amides is 1. The summed E-state index contributed by atoms with van der Waals surface area (Å²) >= 11 is 0. The first-order chi connectivity index (χ1) is 15.9. The monoisotopic (exact) mass is 436 g/mol. The molecule has 0 aliphatic rings. The van der Waals surface area contributed by atoms with Gasteiger partial charge in [0.2, 0.25) is 0 Å². The second-order valence-corrected chi connectivity index (χ2v) is 7.82. The maximum Gasteiger partial charge on any atom is 0.306 e. The van der Waals surface area contributed by atoms with Crippen molar-refractivity contribution in [2.75, 3.05) is 5.73 Å². The van der Waals surface area contributed by atoms with Gasteiger partial charge in [0.1, 0.15) is 5.82 Å². The van der Waals surface area contributed by atoms with Gasteiger partial charge in [0.25, 0.3) is 5.89 Å². The number of carbonyl (C=O) groups excluding carboxylic acids is 1. The van der Waals surface area contributed by atoms with Crippen molar-refractivity contribution in [1.82, 2.24) is 20.2 Å². The van der Waals surface area contributed by atoms with Crippen LogP contribution in [0.15, 0.2) is 65.2 Å². The van der Waals surface area contributed by atoms with E-state index in [1.54, 1.807) is 6.20 Å². The van der Waals surface area contributed by atoms with Crippen molar-refractivity contribution in [1.29, 1.82) is 0 Å². The smallest absolute Gasteiger partial charge is 0.306 e. The number of hydrogen-bond donors (Lipinski definition) is 2. The van der Waals surface area contributed by atoms with E-state index < -0.39 is 5.91 Å². The third-order valence-corrected chi connectivity index (χ3v) is 5.51. The lowest BCUT2D eigenvalue weighted by molar-refractivity contribution is 0.0968. The summed E-state index contributed by atoms with van der Waals surface area (Å²) in [6.07, 6.45) is 1.80. The fourth-order valence-corrected chi connectivity index (χ4v) is 3.73. The zero-order valence-electron chi connectivity index (χ0n) is 18.0. The third kappa shape index (κ3) is 3.67. The highest BCUT2D eigenvalue weighted by Crippen LogP contribution is 2.37. The van der Waals surface area contributed by atoms with E-state index in [9.17, 15) is 4.79 Å². The van der Waals surface area contributed by atoms with Gasteiger partial charge in [0, 0.05) is 22.7 Å². The highest BCUT2D eigenvalue weighted by Gasteiger charge is 2.20. The number of carbonyl (C=O) groups is 1. The maximum absolute atomic E-state index is 11.4. The SMILES string of the molecule is Cc1ccc(-c2nc(N)c(-c3nnc(C(N)=O)o3)cc2-c2ccc3nccc(C)c3c2)cc1. The van der Waals surface area contributed by atoms with Crippen LogP contribution in [0.3, 0.4) is 0 Å². The molecule has 0 bridgehead atoms. The molecule has 5 rings (SSSR count). The van der Waals surface area contributed by atoms with Crippen LogP contribution < -0.4 is 11.5 Å². The molecule has 0 aliphatic heterocycles. The summed E-state index contributed by atoms with van der Waals surface area (Å²) in [6, 6.07) is 17.9. The van der Waals surface area contributed by atoms with E-state index >= 15 is 0 Å². The molecule has 162 valence electrons. The maximum atomic E-state index is 11.4. The van der Waals surface area contributed by atoms with Gasteiger partial charge in [-0.25, -0.2) is 4.98 Å². The Morgan fingerprint density at radius 3 is 2.39 bits per heavy atom. The van der Waals surface area contributed by atoms with Crippen LogP contribution in [0.1, 0.15) is 21.8 Å². The first-order valence-corrected chi connectivity index (χ1v) is 10.3. The predicted octanol–water partition coefficient (Wildman–Crippen LogP) is 4.31. The number of aryl methyl sites for hydroxylation is 2. The van der Waals surface area contributed by atoms with Crippen LogP contribution in [0.5, 0.6) is 0 Å². The number of aromatic nitrogens is 4. The molecule has 0 aliphatic carbocycles. The number of pyridine rings is 2. The summed E-state index contributed by atoms with van der Waals surface area (Å²) in [5.41, 5.74) is 18.5. The van der Waals surface area contributed by atoms with Crippen molar-refractivity contribution in [3.63, 3.8) is 0 Å². The Morgan fingerprint density at radius 2 is 1.67 bits per heavy atom. The van der Waals surface area contributed by atoms with Gasteiger partial charge in [-0.2, -0.15) is 0 Å². The van der Waals surface area contributed by atoms with Gasteiger partial charge >= 0.3 is 11.8 Å². The van der Waals surface area contributed by atoms with Gasteiger partial charge in [-0.1, -0.05) is 35.9 Å². The Balaban J connectivity index is 1.76. The highest BCUT2D eigenvalue weighted by atomic mass is 16.4. The molecule has 0 radical (unpaired) electrons. The Labute approximate surface area is 189 Å². The molecule has 8 heteroatoms. The van der Waals surface area contributed by atoms with E-state index in [0.29, 0.717) is 11.3 Å². The molecule has 0 fully saturated rings. The molecule has 5 aromatic rings. The highest BCUT2D eigenvalue weighted by molar-refractivity contribution is 5.93. The van der Waals surface area contributed by atoms with E-state index in [0.717, 1.165) is 38.7 Å². The first kappa shape index (κ1) is 20.3. The fourth-order valence-electron chi connectivity index (χ4n) is 3.73. The minimum atomic E-state index is -0.811. The zero-order chi connectivity index (χ0) is 23.1. The largest absolute Gasteiger partial charge is 0.412 e. The molecule has 4 N–H and O–H groups in total. The zero-order valence-corrected chi connectivity index (χ0v) is 18.0. The summed E-state index contributed by atoms with van der Waals surface area (Å²) in [4.78, 5) is 20.6. The van der Waals surface area contributed by atoms with Crippen molar-refractivity contribution >= 4 is 22.6 Å². The second-order valence-electron chi connectivity index (χ2n) is 7.82. The minimum Gasteiger partial charge on any atom is -0.412 e. The summed E-state index contributed by atoms with van der Waals surface area (Å²) in [5, 5.41) is 8.67. The standard InChI is InChI=1S/C25H20N6O2/c1-13-3-5-15(6-4-13)21-18(16-7-8-20-17(11-16)14(2)9-10-28-20)12-19(22(26)29-21)24-30-31-25(33-24)23(27)32/h3-12H,1-2H3,(H2,26,29)(H2,27,32). The Morgan fingerprint density at radius 1 is 0.909 bits per heavy atom. The number of nitrogen functional groups attached to an aromatic ring is 1. The molecular weight excluding hydrogens is 416 g/mol. The van der Waals surface area contributed by atoms with Crippen molar-refractivity contribution in [3.05, 3.63) is 77.8 Å². The molecule has 0 spiro atoms. The molecule has 0 saturated carbocycles. The average Bonchev–Trinajstić information content (AvgIpc) is 3.30. The number of rotatable bonds is 4. The Hall–Kier alpha value is -4.59. The van der Waals surface area contributed by atoms with Crippen LogP contribution in [0.4, 0.5) is 5.82 Å². The molecule has 3 heterocycles. The van der Waals surface area contributed by atoms with Crippen LogP contribution in [0, 0.1) is 13.8 Å². The number of hydrogen-bond acceptors (Lipinski definition) is 7. The fraction of sp³-hybridized carbons (Fsp3) is 0.0800. The van der Waals surface area contributed by atoms with Crippen LogP contribution >= 0.6 is 0 Å². The van der Waals surface area contributed by atoms with Gasteiger partial charge in [-0.05, 0) is 49.2 Å². The summed E-state index contributed by atoms with van der Waals surface area (Å²) in [6.45, 7) is 4.08. The predicted molar refractivity (Wildman–Crippen MR) is 126 cm³/mol. The van der Waals surface area contributed by atoms with Crippen molar-refractivity contribution in [3.8, 4) is 33.8 Å². The van der Waals surface area contributed by atoms with E-state index in [2.05, 4.69) is 21.2 Å². The van der Waals surface area contributed by atoms with Gasteiger partial charge in [-0.15, -0.1) is 10.2 Å². The molecule has 0 unspecified atom stereocenters. The van der Waals surface area contributed by atoms with Crippen molar-refractivity contribution in [2.45, 2.75) is 13.8 Å². The third-order valence-electron chi connectivity index (χ3n) is 5.51. The lowest BCUT2D eigenvalue weighted by Gasteiger charge is -2.14. The van der Waals surface area contributed by atoms with E-state index in [1.165, 1.54) is 0 Å². The summed E-state index contributed by atoms with van der Waals surface area (Å²) < 4.78 is 5.43. The minimum absolute atomic E-state index is 0.0733. The number of nitrogens with zero attached hydrogens (tertiary/aromatic N) is 4. The Kier molecular flexibility index (Phi) is 4.82. The number of primary amides is 1. The molecule has 1 amide bonds. The van der Waals surface area contributed by atoms with Crippen LogP contribution in [-0.2, 0) is 0 Å². The molecule has 33 heavy (non-hydrogen) atoms. The molecule has 8 nitrogen and oxygen atoms in total. The van der Waals surface area contributed by atoms with E-state index in [1.807, 2.05) is 62.4 Å². The van der Waals surface area contributed by atoms with E-state index in [4.69, 9.17) is 20.9 Å². The van der Waals surface area contributed by atoms with Gasteiger partial charge in [-0.3, -0.25) is 9.78 Å². The number of nitrogens with two attached hydrogens (primary N) is 2. The second kappa shape index (κ2) is 7.83. The van der Waals surface area contributed by atoms with Crippen LogP contribution in [0.25, 0.3) is 44.7 Å². The van der Waals surface area contributed by atoms with Gasteiger partial charge in [0.15, 0.2) is 0 Å². The molecule has 0 atom stereocenters. The number of anilines is 1. The lowest BCUT2D eigenvalue weighted by atomic mass is 9.95. The molecule has 3 aromatic heterocycles. The van der Waals surface area contributed by atoms with Gasteiger partial charge in [0.05, 0.1) is 16.8 Å². The van der Waals surface area contributed by atoms with E-state index in [-0.39, 0.29) is 17.6 Å². The molecular formula is C25H20N6O2. The number of benzene rings is 2. The van der Waals surface area contributed by atoms with Gasteiger partial charge < -0.3 is 15.9 Å². The normalized spacial score (nSPS) is 11.1. The Bertz CT molecular complexity index is 1520. The molecule has 2 aromatic carbocycles. The summed E-state index contributed by atoms with van der Waals surface area (Å²) in [7, 11) is 0. The average molecular weight is 436 g/mol. The lowest BCUT2D eigenvalue weighted by Crippen LogP contribution is -2.10. The van der Waals surface area contributed by atoms with Crippen LogP contribution in [-0.4, -0.2) is 26.1 Å². The van der Waals surface area contributed by atoms with Crippen LogP contribution in [0.2, 0.25) is 0 Å². The first-order valence-electron chi connectivity index (χ1n) is 10.3.